The highest BCUT2D eigenvalue weighted by molar-refractivity contribution is 7.98. The number of aromatic nitrogens is 2. The number of aliphatic hydroxyl groups excluding tert-OH is 1. The van der Waals surface area contributed by atoms with E-state index in [9.17, 15) is 10.4 Å². The van der Waals surface area contributed by atoms with E-state index in [0.717, 1.165) is 37.1 Å². The summed E-state index contributed by atoms with van der Waals surface area (Å²) >= 11 is 1.73. The van der Waals surface area contributed by atoms with Crippen LogP contribution in [-0.4, -0.2) is 46.1 Å². The van der Waals surface area contributed by atoms with Gasteiger partial charge in [-0.25, -0.2) is 4.98 Å². The highest BCUT2D eigenvalue weighted by Gasteiger charge is 2.55. The number of nitriles is 1. The van der Waals surface area contributed by atoms with Crippen LogP contribution in [0.3, 0.4) is 0 Å². The summed E-state index contributed by atoms with van der Waals surface area (Å²) in [6, 6.07) is 11.7. The maximum absolute atomic E-state index is 9.71. The molecule has 0 amide bonds. The van der Waals surface area contributed by atoms with Crippen LogP contribution in [0.4, 0.5) is 11.8 Å². The van der Waals surface area contributed by atoms with Crippen molar-refractivity contribution >= 4 is 23.5 Å². The van der Waals surface area contributed by atoms with Gasteiger partial charge in [-0.15, -0.1) is 11.8 Å². The van der Waals surface area contributed by atoms with Gasteiger partial charge in [-0.1, -0.05) is 18.2 Å². The van der Waals surface area contributed by atoms with Crippen LogP contribution in [0, 0.1) is 34.5 Å². The number of nitrogens with one attached hydrogen (secondary N) is 3. The van der Waals surface area contributed by atoms with Crippen LogP contribution < -0.4 is 16.0 Å². The third kappa shape index (κ3) is 4.69. The van der Waals surface area contributed by atoms with Crippen LogP contribution in [0.1, 0.15) is 56.1 Å². The van der Waals surface area contributed by atoms with Gasteiger partial charge in [0.05, 0.1) is 12.3 Å². The fourth-order valence-corrected chi connectivity index (χ4v) is 8.27. The summed E-state index contributed by atoms with van der Waals surface area (Å²) in [5.74, 6) is 3.46. The van der Waals surface area contributed by atoms with E-state index in [1.165, 1.54) is 42.6 Å². The van der Waals surface area contributed by atoms with Crippen LogP contribution in [0.15, 0.2) is 35.4 Å². The fourth-order valence-electron chi connectivity index (χ4n) is 7.66. The maximum atomic E-state index is 9.71. The molecule has 5 atom stereocenters. The molecule has 0 radical (unpaired) electrons. The van der Waals surface area contributed by atoms with Gasteiger partial charge in [0.15, 0.2) is 0 Å². The van der Waals surface area contributed by atoms with E-state index in [0.29, 0.717) is 36.0 Å². The second-order valence-corrected chi connectivity index (χ2v) is 12.4. The number of aliphatic hydroxyl groups is 1. The molecule has 36 heavy (non-hydrogen) atoms. The van der Waals surface area contributed by atoms with E-state index in [2.05, 4.69) is 51.5 Å². The van der Waals surface area contributed by atoms with Crippen molar-refractivity contribution in [3.8, 4) is 6.07 Å². The molecule has 2 aromatic rings. The normalized spacial score (nSPS) is 34.1. The lowest BCUT2D eigenvalue weighted by Gasteiger charge is -2.61. The summed E-state index contributed by atoms with van der Waals surface area (Å²) in [6.45, 7) is 1.51. The largest absolute Gasteiger partial charge is 0.393 e. The van der Waals surface area contributed by atoms with Crippen molar-refractivity contribution in [2.75, 3.05) is 23.4 Å². The third-order valence-corrected chi connectivity index (χ3v) is 9.95. The molecule has 0 spiro atoms. The predicted molar refractivity (Wildman–Crippen MR) is 143 cm³/mol. The van der Waals surface area contributed by atoms with Crippen molar-refractivity contribution in [2.24, 2.45) is 23.2 Å². The molecule has 8 heteroatoms. The first-order chi connectivity index (χ1) is 17.5. The lowest BCUT2D eigenvalue weighted by Crippen LogP contribution is -2.62. The Morgan fingerprint density at radius 2 is 1.89 bits per heavy atom. The minimum absolute atomic E-state index is 0.100. The van der Waals surface area contributed by atoms with Gasteiger partial charge in [-0.2, -0.15) is 10.2 Å². The van der Waals surface area contributed by atoms with Gasteiger partial charge >= 0.3 is 0 Å². The summed E-state index contributed by atoms with van der Waals surface area (Å²) in [5, 5.41) is 30.3. The molecule has 1 aromatic heterocycles. The van der Waals surface area contributed by atoms with Crippen molar-refractivity contribution in [2.45, 2.75) is 74.6 Å². The first-order valence-corrected chi connectivity index (χ1v) is 14.6. The Morgan fingerprint density at radius 1 is 1.11 bits per heavy atom. The first-order valence-electron chi connectivity index (χ1n) is 13.3. The highest BCUT2D eigenvalue weighted by atomic mass is 32.2. The molecule has 5 aliphatic rings. The molecular weight excluding hydrogens is 468 g/mol. The third-order valence-electron chi connectivity index (χ3n) is 9.11. The average molecular weight is 505 g/mol. The minimum Gasteiger partial charge on any atom is -0.393 e. The molecule has 5 aliphatic carbocycles. The number of thioether (sulfide) groups is 1. The standard InChI is InChI=1S/C28H36N6OS/c1-36-24-5-3-2-4-18(24)14-30-27-31-15-21(13-29)26(34-27)32-16-28-10-17-6-19(11-28)25(20(7-17)12-28)33-22-8-23(35)9-22/h2-5,15,17,19-20,22-23,25,33,35H,6-12,14,16H2,1H3,(H2,30,31,32,34)/t17?,19-,20+,22?,23?,25?,28?. The van der Waals surface area contributed by atoms with E-state index in [1.807, 2.05) is 6.07 Å². The topological polar surface area (TPSA) is 106 Å². The average Bonchev–Trinajstić information content (AvgIpc) is 2.87. The number of rotatable bonds is 9. The number of anilines is 2. The summed E-state index contributed by atoms with van der Waals surface area (Å²) in [7, 11) is 0. The highest BCUT2D eigenvalue weighted by Crippen LogP contribution is 2.60. The quantitative estimate of drug-likeness (QED) is 0.372. The molecule has 5 fully saturated rings. The SMILES string of the molecule is CSc1ccccc1CNc1ncc(C#N)c(NCC23CC4C[C@H](C2)C(NC2CC(O)C2)[C@@H](C4)C3)n1. The lowest BCUT2D eigenvalue weighted by atomic mass is 9.47. The zero-order valence-corrected chi connectivity index (χ0v) is 21.7. The Morgan fingerprint density at radius 3 is 2.61 bits per heavy atom. The van der Waals surface area contributed by atoms with Crippen LogP contribution >= 0.6 is 11.8 Å². The number of nitrogens with zero attached hydrogens (tertiary/aromatic N) is 3. The van der Waals surface area contributed by atoms with E-state index >= 15 is 0 Å². The molecular formula is C28H36N6OS. The van der Waals surface area contributed by atoms with Gasteiger partial charge in [-0.05, 0) is 86.0 Å². The summed E-state index contributed by atoms with van der Waals surface area (Å²) in [6.07, 6.45) is 11.9. The van der Waals surface area contributed by atoms with Gasteiger partial charge < -0.3 is 21.1 Å². The van der Waals surface area contributed by atoms with Crippen molar-refractivity contribution in [1.82, 2.24) is 15.3 Å². The number of benzene rings is 1. The predicted octanol–water partition coefficient (Wildman–Crippen LogP) is 4.40. The zero-order chi connectivity index (χ0) is 24.7. The van der Waals surface area contributed by atoms with Gasteiger partial charge in [0.1, 0.15) is 17.5 Å². The summed E-state index contributed by atoms with van der Waals surface area (Å²) < 4.78 is 0. The Kier molecular flexibility index (Phi) is 6.57. The van der Waals surface area contributed by atoms with Gasteiger partial charge in [-0.3, -0.25) is 0 Å². The number of hydrogen-bond acceptors (Lipinski definition) is 8. The molecule has 0 aliphatic heterocycles. The molecule has 7 rings (SSSR count). The summed E-state index contributed by atoms with van der Waals surface area (Å²) in [5.41, 5.74) is 1.99. The van der Waals surface area contributed by atoms with Crippen LogP contribution in [0.25, 0.3) is 0 Å². The Bertz CT molecular complexity index is 1130. The summed E-state index contributed by atoms with van der Waals surface area (Å²) in [4.78, 5) is 10.3. The Labute approximate surface area is 217 Å². The first kappa shape index (κ1) is 24.0. The second-order valence-electron chi connectivity index (χ2n) is 11.6. The van der Waals surface area contributed by atoms with Gasteiger partial charge in [0.2, 0.25) is 5.95 Å². The molecule has 0 saturated heterocycles. The maximum Gasteiger partial charge on any atom is 0.224 e. The molecule has 4 N–H and O–H groups in total. The second kappa shape index (κ2) is 9.85. The van der Waals surface area contributed by atoms with Gasteiger partial charge in [0.25, 0.3) is 0 Å². The Balaban J connectivity index is 1.12. The van der Waals surface area contributed by atoms with Crippen molar-refractivity contribution in [1.29, 1.82) is 5.26 Å². The molecule has 3 unspecified atom stereocenters. The van der Waals surface area contributed by atoms with Crippen molar-refractivity contribution in [3.05, 3.63) is 41.6 Å². The van der Waals surface area contributed by atoms with E-state index in [1.54, 1.807) is 18.0 Å². The zero-order valence-electron chi connectivity index (χ0n) is 20.9. The van der Waals surface area contributed by atoms with E-state index in [-0.39, 0.29) is 11.5 Å². The lowest BCUT2D eigenvalue weighted by molar-refractivity contribution is -0.0789. The molecule has 5 saturated carbocycles. The minimum atomic E-state index is -0.100. The molecule has 1 aromatic carbocycles. The van der Waals surface area contributed by atoms with Crippen molar-refractivity contribution in [3.63, 3.8) is 0 Å². The monoisotopic (exact) mass is 504 g/mol. The molecule has 1 heterocycles. The molecule has 7 nitrogen and oxygen atoms in total. The molecule has 190 valence electrons. The van der Waals surface area contributed by atoms with Gasteiger partial charge in [0, 0.05) is 30.1 Å². The van der Waals surface area contributed by atoms with E-state index < -0.39 is 0 Å². The van der Waals surface area contributed by atoms with Crippen LogP contribution in [0.2, 0.25) is 0 Å². The van der Waals surface area contributed by atoms with E-state index in [4.69, 9.17) is 4.98 Å². The van der Waals surface area contributed by atoms with Crippen LogP contribution in [0.5, 0.6) is 0 Å². The Hall–Kier alpha value is -2.34. The van der Waals surface area contributed by atoms with Crippen LogP contribution in [-0.2, 0) is 6.54 Å². The van der Waals surface area contributed by atoms with Crippen molar-refractivity contribution < 1.29 is 5.11 Å². The number of hydrogen-bond donors (Lipinski definition) is 4. The smallest absolute Gasteiger partial charge is 0.224 e. The fraction of sp³-hybridized carbons (Fsp3) is 0.607. The molecule has 4 bridgehead atoms.